The number of hydrogen-bond donors (Lipinski definition) is 2. The Bertz CT molecular complexity index is 2070. The summed E-state index contributed by atoms with van der Waals surface area (Å²) < 4.78 is 68.1. The Balaban J connectivity index is 0.000000172. The number of benzene rings is 2. The predicted molar refractivity (Wildman–Crippen MR) is 194 cm³/mol. The van der Waals surface area contributed by atoms with Gasteiger partial charge in [0.25, 0.3) is 0 Å². The van der Waals surface area contributed by atoms with E-state index in [-0.39, 0.29) is 24.6 Å². The fourth-order valence-electron chi connectivity index (χ4n) is 7.18. The smallest absolute Gasteiger partial charge is 0.160 e. The number of fused-ring (bicyclic) bond motifs is 6. The summed E-state index contributed by atoms with van der Waals surface area (Å²) in [6.45, 7) is 0. The van der Waals surface area contributed by atoms with Gasteiger partial charge >= 0.3 is 0 Å². The molecule has 2 aliphatic rings. The van der Waals surface area contributed by atoms with Crippen LogP contribution in [-0.4, -0.2) is 45.5 Å². The van der Waals surface area contributed by atoms with Crippen molar-refractivity contribution in [3.8, 4) is 0 Å². The van der Waals surface area contributed by atoms with Crippen LogP contribution in [0.2, 0.25) is 0 Å². The molecule has 2 unspecified atom stereocenters. The molecule has 268 valence electrons. The second-order valence-corrected chi connectivity index (χ2v) is 12.8. The van der Waals surface area contributed by atoms with Crippen LogP contribution < -0.4 is 10.6 Å². The molecule has 0 fully saturated rings. The van der Waals surface area contributed by atoms with E-state index in [1.165, 1.54) is 34.6 Å². The predicted octanol–water partition coefficient (Wildman–Crippen LogP) is 8.62. The third-order valence-electron chi connectivity index (χ3n) is 9.86. The molecule has 2 aromatic carbocycles. The molecule has 0 bridgehead atoms. The summed E-state index contributed by atoms with van der Waals surface area (Å²) >= 11 is 0. The number of nitrogens with one attached hydrogen (secondary N) is 2. The molecule has 0 radical (unpaired) electrons. The van der Waals surface area contributed by atoms with Crippen molar-refractivity contribution in [3.05, 3.63) is 106 Å². The molecular weight excluding hydrogens is 684 g/mol. The highest BCUT2D eigenvalue weighted by Crippen LogP contribution is 2.34. The van der Waals surface area contributed by atoms with Crippen LogP contribution in [0.4, 0.5) is 40.6 Å². The zero-order valence-electron chi connectivity index (χ0n) is 28.7. The lowest BCUT2D eigenvalue weighted by atomic mass is 9.93. The van der Waals surface area contributed by atoms with Crippen molar-refractivity contribution in [3.63, 3.8) is 0 Å². The first kappa shape index (κ1) is 36.2. The van der Waals surface area contributed by atoms with E-state index in [9.17, 15) is 17.6 Å². The lowest BCUT2D eigenvalue weighted by molar-refractivity contribution is 0.0907. The van der Waals surface area contributed by atoms with Crippen LogP contribution in [-0.2, 0) is 49.3 Å². The molecule has 0 saturated carbocycles. The fraction of sp³-hybridized carbons (Fsp3) is 0.316. The van der Waals surface area contributed by atoms with Crippen LogP contribution in [0.25, 0.3) is 22.1 Å². The van der Waals surface area contributed by atoms with Gasteiger partial charge in [-0.1, -0.05) is 0 Å². The van der Waals surface area contributed by atoms with Gasteiger partial charge < -0.3 is 29.2 Å². The standard InChI is InChI=1S/2C19H19F2N3O.ClH/c2*1-24-17-7-4-12(25-2)10-14(17)13-5-8-18(23-19(13)24)22-11-3-6-15(20)16(21)9-11;/h2*3,5-6,8-9,12H,4,7,10H2,1-2H3,(H,22,23);1H. The Morgan fingerprint density at radius 1 is 0.608 bits per heavy atom. The number of rotatable bonds is 6. The Kier molecular flexibility index (Phi) is 10.6. The normalized spacial score (nSPS) is 16.5. The topological polar surface area (TPSA) is 78.2 Å². The van der Waals surface area contributed by atoms with E-state index in [0.29, 0.717) is 23.0 Å². The highest BCUT2D eigenvalue weighted by molar-refractivity contribution is 5.86. The molecule has 51 heavy (non-hydrogen) atoms. The number of aromatic nitrogens is 4. The van der Waals surface area contributed by atoms with Gasteiger partial charge in [0.15, 0.2) is 23.3 Å². The SMILES string of the molecule is COC1CCc2c(c3ccc(Nc4ccc(F)c(F)c4)nc3n2C)C1.COC1CCc2c(c3ccc(Nc4ccc(F)c(F)c4)nc3n2C)C1.Cl. The van der Waals surface area contributed by atoms with E-state index in [2.05, 4.69) is 29.7 Å². The zero-order chi connectivity index (χ0) is 35.1. The summed E-state index contributed by atoms with van der Waals surface area (Å²) in [5.41, 5.74) is 7.86. The molecule has 8 rings (SSSR count). The minimum atomic E-state index is -0.883. The maximum atomic E-state index is 13.4. The average Bonchev–Trinajstić information content (AvgIpc) is 3.56. The summed E-state index contributed by atoms with van der Waals surface area (Å²) in [6, 6.07) is 15.2. The van der Waals surface area contributed by atoms with Gasteiger partial charge in [0.2, 0.25) is 0 Å². The molecule has 0 saturated heterocycles. The van der Waals surface area contributed by atoms with Gasteiger partial charge in [-0.25, -0.2) is 27.5 Å². The van der Waals surface area contributed by atoms with E-state index >= 15 is 0 Å². The molecule has 13 heteroatoms. The van der Waals surface area contributed by atoms with Crippen molar-refractivity contribution in [2.45, 2.75) is 50.7 Å². The molecule has 2 aliphatic carbocycles. The number of ether oxygens (including phenoxy) is 2. The summed E-state index contributed by atoms with van der Waals surface area (Å²) in [5, 5.41) is 8.31. The number of pyridine rings is 2. The number of hydrogen-bond acceptors (Lipinski definition) is 6. The van der Waals surface area contributed by atoms with E-state index in [1.54, 1.807) is 14.2 Å². The van der Waals surface area contributed by atoms with Gasteiger partial charge in [0, 0.05) is 86.8 Å². The molecule has 2 N–H and O–H groups in total. The maximum Gasteiger partial charge on any atom is 0.160 e. The molecule has 8 nitrogen and oxygen atoms in total. The molecule has 2 atom stereocenters. The third kappa shape index (κ3) is 7.13. The first-order valence-corrected chi connectivity index (χ1v) is 16.6. The van der Waals surface area contributed by atoms with E-state index < -0.39 is 23.3 Å². The van der Waals surface area contributed by atoms with Gasteiger partial charge in [-0.2, -0.15) is 0 Å². The van der Waals surface area contributed by atoms with Crippen LogP contribution in [0, 0.1) is 23.3 Å². The van der Waals surface area contributed by atoms with E-state index in [0.717, 1.165) is 84.9 Å². The van der Waals surface area contributed by atoms with Crippen molar-refractivity contribution in [2.24, 2.45) is 14.1 Å². The number of halogens is 5. The van der Waals surface area contributed by atoms with Crippen molar-refractivity contribution in [1.82, 2.24) is 19.1 Å². The van der Waals surface area contributed by atoms with Crippen LogP contribution in [0.5, 0.6) is 0 Å². The van der Waals surface area contributed by atoms with E-state index in [4.69, 9.17) is 9.47 Å². The summed E-state index contributed by atoms with van der Waals surface area (Å²) in [6.07, 6.45) is 6.22. The largest absolute Gasteiger partial charge is 0.381 e. The monoisotopic (exact) mass is 722 g/mol. The zero-order valence-corrected chi connectivity index (χ0v) is 29.5. The van der Waals surface area contributed by atoms with Gasteiger partial charge in [-0.3, -0.25) is 0 Å². The van der Waals surface area contributed by atoms with Gasteiger partial charge in [-0.15, -0.1) is 12.4 Å². The first-order valence-electron chi connectivity index (χ1n) is 16.6. The summed E-state index contributed by atoms with van der Waals surface area (Å²) in [7, 11) is 7.54. The second kappa shape index (κ2) is 14.9. The molecular formula is C38H39ClF4N6O2. The average molecular weight is 723 g/mol. The Morgan fingerprint density at radius 2 is 1.02 bits per heavy atom. The van der Waals surface area contributed by atoms with Crippen molar-refractivity contribution < 1.29 is 27.0 Å². The number of anilines is 4. The van der Waals surface area contributed by atoms with E-state index in [1.807, 2.05) is 38.4 Å². The quantitative estimate of drug-likeness (QED) is 0.168. The highest BCUT2D eigenvalue weighted by Gasteiger charge is 2.26. The second-order valence-electron chi connectivity index (χ2n) is 12.8. The highest BCUT2D eigenvalue weighted by atomic mass is 35.5. The van der Waals surface area contributed by atoms with Crippen LogP contribution in [0.15, 0.2) is 60.7 Å². The summed E-state index contributed by atoms with van der Waals surface area (Å²) in [4.78, 5) is 9.35. The molecule has 4 aromatic heterocycles. The maximum absolute atomic E-state index is 13.4. The van der Waals surface area contributed by atoms with Crippen molar-refractivity contribution >= 4 is 57.5 Å². The van der Waals surface area contributed by atoms with Crippen LogP contribution in [0.3, 0.4) is 0 Å². The minimum absolute atomic E-state index is 0. The minimum Gasteiger partial charge on any atom is -0.381 e. The molecule has 0 amide bonds. The van der Waals surface area contributed by atoms with Crippen LogP contribution in [0.1, 0.15) is 35.4 Å². The molecule has 6 aromatic rings. The lowest BCUT2D eigenvalue weighted by Gasteiger charge is -2.21. The lowest BCUT2D eigenvalue weighted by Crippen LogP contribution is -2.21. The molecule has 0 spiro atoms. The number of methoxy groups -OCH3 is 2. The first-order chi connectivity index (χ1) is 24.1. The van der Waals surface area contributed by atoms with Crippen LogP contribution >= 0.6 is 12.4 Å². The number of aryl methyl sites for hydroxylation is 2. The van der Waals surface area contributed by atoms with Gasteiger partial charge in [-0.05, 0) is 85.3 Å². The number of nitrogens with zero attached hydrogens (tertiary/aromatic N) is 4. The summed E-state index contributed by atoms with van der Waals surface area (Å²) in [5.74, 6) is -2.30. The van der Waals surface area contributed by atoms with Gasteiger partial charge in [0.05, 0.1) is 12.2 Å². The van der Waals surface area contributed by atoms with Crippen molar-refractivity contribution in [1.29, 1.82) is 0 Å². The van der Waals surface area contributed by atoms with Crippen molar-refractivity contribution in [2.75, 3.05) is 24.9 Å². The fourth-order valence-corrected chi connectivity index (χ4v) is 7.18. The Hall–Kier alpha value is -4.65. The third-order valence-corrected chi connectivity index (χ3v) is 9.86. The Labute approximate surface area is 299 Å². The molecule has 4 heterocycles. The Morgan fingerprint density at radius 3 is 1.39 bits per heavy atom. The van der Waals surface area contributed by atoms with Gasteiger partial charge in [0.1, 0.15) is 22.9 Å². The molecule has 0 aliphatic heterocycles.